The molecule has 2 aromatic heterocycles. The molecule has 0 bridgehead atoms. The van der Waals surface area contributed by atoms with Crippen molar-refractivity contribution in [1.29, 1.82) is 0 Å². The van der Waals surface area contributed by atoms with Crippen molar-refractivity contribution in [3.05, 3.63) is 59.2 Å². The molecule has 134 valence electrons. The highest BCUT2D eigenvalue weighted by Gasteiger charge is 2.21. The summed E-state index contributed by atoms with van der Waals surface area (Å²) in [5.74, 6) is 0.331. The fourth-order valence-electron chi connectivity index (χ4n) is 3.34. The van der Waals surface area contributed by atoms with Crippen molar-refractivity contribution < 1.29 is 4.79 Å². The Morgan fingerprint density at radius 3 is 2.88 bits per heavy atom. The number of hydrogen-bond acceptors (Lipinski definition) is 5. The molecule has 0 fully saturated rings. The summed E-state index contributed by atoms with van der Waals surface area (Å²) in [6, 6.07) is 10.6. The lowest BCUT2D eigenvalue weighted by Gasteiger charge is -2.33. The number of rotatable bonds is 4. The Bertz CT molecular complexity index is 950. The number of nitrogens with zero attached hydrogens (tertiary/aromatic N) is 5. The summed E-state index contributed by atoms with van der Waals surface area (Å²) in [5, 5.41) is 7.20. The minimum Gasteiger partial charge on any atom is -0.348 e. The zero-order chi connectivity index (χ0) is 18.1. The molecular formula is C19H22N6O. The fraction of sp³-hybridized carbons (Fsp3) is 0.368. The molecule has 1 amide bonds. The number of amides is 1. The Morgan fingerprint density at radius 1 is 1.27 bits per heavy atom. The van der Waals surface area contributed by atoms with Gasteiger partial charge in [0.2, 0.25) is 5.82 Å². The summed E-state index contributed by atoms with van der Waals surface area (Å²) in [6.07, 6.45) is 2.71. The maximum Gasteiger partial charge on any atom is 0.291 e. The molecule has 1 N–H and O–H groups in total. The number of aryl methyl sites for hydroxylation is 1. The van der Waals surface area contributed by atoms with Gasteiger partial charge in [0, 0.05) is 37.6 Å². The average molecular weight is 350 g/mol. The monoisotopic (exact) mass is 350 g/mol. The molecule has 0 radical (unpaired) electrons. The lowest BCUT2D eigenvalue weighted by Crippen LogP contribution is -2.44. The third-order valence-electron chi connectivity index (χ3n) is 4.97. The molecule has 0 spiro atoms. The van der Waals surface area contributed by atoms with Crippen molar-refractivity contribution in [2.75, 3.05) is 13.1 Å². The molecule has 1 unspecified atom stereocenters. The van der Waals surface area contributed by atoms with Gasteiger partial charge in [-0.15, -0.1) is 5.10 Å². The minimum atomic E-state index is -0.265. The predicted octanol–water partition coefficient (Wildman–Crippen LogP) is 1.61. The van der Waals surface area contributed by atoms with Crippen molar-refractivity contribution in [3.8, 4) is 0 Å². The van der Waals surface area contributed by atoms with Crippen LogP contribution in [0.1, 0.15) is 34.4 Å². The van der Waals surface area contributed by atoms with Crippen molar-refractivity contribution in [3.63, 3.8) is 0 Å². The Kier molecular flexibility index (Phi) is 4.38. The van der Waals surface area contributed by atoms with Crippen LogP contribution in [-0.4, -0.2) is 49.5 Å². The third kappa shape index (κ3) is 3.17. The van der Waals surface area contributed by atoms with E-state index in [1.807, 2.05) is 13.0 Å². The molecule has 3 aromatic rings. The molecule has 26 heavy (non-hydrogen) atoms. The highest BCUT2D eigenvalue weighted by molar-refractivity contribution is 5.90. The Hall–Kier alpha value is -2.80. The summed E-state index contributed by atoms with van der Waals surface area (Å²) in [7, 11) is 0. The van der Waals surface area contributed by atoms with E-state index in [1.54, 1.807) is 10.7 Å². The lowest BCUT2D eigenvalue weighted by atomic mass is 9.99. The topological polar surface area (TPSA) is 75.4 Å². The second-order valence-electron chi connectivity index (χ2n) is 6.78. The average Bonchev–Trinajstić information content (AvgIpc) is 3.11. The van der Waals surface area contributed by atoms with Gasteiger partial charge < -0.3 is 5.32 Å². The van der Waals surface area contributed by atoms with Crippen LogP contribution in [0.3, 0.4) is 0 Å². The van der Waals surface area contributed by atoms with E-state index in [0.29, 0.717) is 12.3 Å². The van der Waals surface area contributed by atoms with E-state index in [1.165, 1.54) is 11.1 Å². The van der Waals surface area contributed by atoms with Crippen LogP contribution in [0.2, 0.25) is 0 Å². The van der Waals surface area contributed by atoms with Gasteiger partial charge in [-0.3, -0.25) is 9.69 Å². The molecule has 1 aliphatic heterocycles. The van der Waals surface area contributed by atoms with Crippen LogP contribution in [-0.2, 0) is 13.0 Å². The number of aromatic nitrogens is 4. The zero-order valence-corrected chi connectivity index (χ0v) is 15.0. The van der Waals surface area contributed by atoms with Crippen LogP contribution in [0, 0.1) is 6.92 Å². The van der Waals surface area contributed by atoms with Crippen LogP contribution in [0.15, 0.2) is 36.5 Å². The summed E-state index contributed by atoms with van der Waals surface area (Å²) in [5.41, 5.74) is 3.69. The molecule has 7 heteroatoms. The summed E-state index contributed by atoms with van der Waals surface area (Å²) in [6.45, 7) is 6.52. The first-order valence-electron chi connectivity index (χ1n) is 8.89. The van der Waals surface area contributed by atoms with Crippen molar-refractivity contribution in [1.82, 2.24) is 29.8 Å². The van der Waals surface area contributed by atoms with E-state index >= 15 is 0 Å². The molecule has 0 saturated heterocycles. The second-order valence-corrected chi connectivity index (χ2v) is 6.78. The minimum absolute atomic E-state index is 0.156. The Morgan fingerprint density at radius 2 is 2.08 bits per heavy atom. The van der Waals surface area contributed by atoms with Gasteiger partial charge in [0.1, 0.15) is 0 Å². The zero-order valence-electron chi connectivity index (χ0n) is 15.0. The van der Waals surface area contributed by atoms with Crippen LogP contribution in [0.4, 0.5) is 0 Å². The molecule has 1 aromatic carbocycles. The third-order valence-corrected chi connectivity index (χ3v) is 4.97. The molecule has 0 saturated carbocycles. The fourth-order valence-corrected chi connectivity index (χ4v) is 3.34. The van der Waals surface area contributed by atoms with E-state index in [4.69, 9.17) is 0 Å². The van der Waals surface area contributed by atoms with Crippen LogP contribution in [0.5, 0.6) is 0 Å². The van der Waals surface area contributed by atoms with Gasteiger partial charge in [-0.05, 0) is 37.5 Å². The SMILES string of the molecule is Cc1ccnc2nc(C(=O)NCC(C)N3CCc4ccccc4C3)nn12. The smallest absolute Gasteiger partial charge is 0.291 e. The molecule has 7 nitrogen and oxygen atoms in total. The maximum atomic E-state index is 12.4. The van der Waals surface area contributed by atoms with Gasteiger partial charge in [0.15, 0.2) is 0 Å². The summed E-state index contributed by atoms with van der Waals surface area (Å²) in [4.78, 5) is 23.2. The first-order valence-corrected chi connectivity index (χ1v) is 8.89. The Labute approximate surface area is 152 Å². The maximum absolute atomic E-state index is 12.4. The van der Waals surface area contributed by atoms with E-state index < -0.39 is 0 Å². The van der Waals surface area contributed by atoms with Gasteiger partial charge in [0.05, 0.1) is 0 Å². The van der Waals surface area contributed by atoms with E-state index in [9.17, 15) is 4.79 Å². The first kappa shape index (κ1) is 16.7. The van der Waals surface area contributed by atoms with Gasteiger partial charge in [-0.1, -0.05) is 24.3 Å². The molecule has 0 aliphatic carbocycles. The number of carbonyl (C=O) groups is 1. The molecule has 3 heterocycles. The Balaban J connectivity index is 1.39. The number of nitrogens with one attached hydrogen (secondary N) is 1. The van der Waals surface area contributed by atoms with E-state index in [-0.39, 0.29) is 17.8 Å². The predicted molar refractivity (Wildman–Crippen MR) is 97.9 cm³/mol. The highest BCUT2D eigenvalue weighted by atomic mass is 16.2. The van der Waals surface area contributed by atoms with Gasteiger partial charge in [-0.25, -0.2) is 9.50 Å². The van der Waals surface area contributed by atoms with Gasteiger partial charge in [0.25, 0.3) is 11.7 Å². The second kappa shape index (κ2) is 6.84. The van der Waals surface area contributed by atoms with E-state index in [0.717, 1.165) is 25.2 Å². The molecule has 1 atom stereocenters. The number of carbonyl (C=O) groups excluding carboxylic acids is 1. The number of hydrogen-bond donors (Lipinski definition) is 1. The lowest BCUT2D eigenvalue weighted by molar-refractivity contribution is 0.0922. The largest absolute Gasteiger partial charge is 0.348 e. The van der Waals surface area contributed by atoms with Crippen molar-refractivity contribution in [2.45, 2.75) is 32.9 Å². The van der Waals surface area contributed by atoms with Crippen LogP contribution < -0.4 is 5.32 Å². The van der Waals surface area contributed by atoms with Crippen LogP contribution in [0.25, 0.3) is 5.78 Å². The highest BCUT2D eigenvalue weighted by Crippen LogP contribution is 2.19. The summed E-state index contributed by atoms with van der Waals surface area (Å²) < 4.78 is 1.58. The first-order chi connectivity index (χ1) is 12.6. The van der Waals surface area contributed by atoms with E-state index in [2.05, 4.69) is 56.5 Å². The van der Waals surface area contributed by atoms with Crippen LogP contribution >= 0.6 is 0 Å². The van der Waals surface area contributed by atoms with Crippen molar-refractivity contribution in [2.24, 2.45) is 0 Å². The van der Waals surface area contributed by atoms with Gasteiger partial charge in [-0.2, -0.15) is 4.98 Å². The van der Waals surface area contributed by atoms with Crippen molar-refractivity contribution >= 4 is 11.7 Å². The quantitative estimate of drug-likeness (QED) is 0.774. The molecule has 4 rings (SSSR count). The molecular weight excluding hydrogens is 328 g/mol. The standard InChI is InChI=1S/C19H22N6O/c1-13-7-9-20-19-22-17(23-25(13)19)18(26)21-11-14(2)24-10-8-15-5-3-4-6-16(15)12-24/h3-7,9,14H,8,10-12H2,1-2H3,(H,21,26). The van der Waals surface area contributed by atoms with Gasteiger partial charge >= 0.3 is 0 Å². The summed E-state index contributed by atoms with van der Waals surface area (Å²) >= 11 is 0. The molecule has 1 aliphatic rings. The number of fused-ring (bicyclic) bond motifs is 2. The number of benzene rings is 1. The normalized spacial score (nSPS) is 15.6.